The first-order valence-corrected chi connectivity index (χ1v) is 3.31. The van der Waals surface area contributed by atoms with E-state index in [-0.39, 0.29) is 0 Å². The fraction of sp³-hybridized carbons (Fsp3) is 0.333. The molecule has 0 aliphatic carbocycles. The number of hydrogen-bond donors (Lipinski definition) is 1. The molecule has 1 aliphatic rings. The first-order valence-electron chi connectivity index (χ1n) is 5.81. The van der Waals surface area contributed by atoms with Gasteiger partial charge in [0.2, 0.25) is 0 Å². The fourth-order valence-corrected chi connectivity index (χ4v) is 0.918. The number of β-amino-alcohol motifs (C(OH)–C–C–N with tert-alkyl or cyclic N) is 1. The van der Waals surface area contributed by atoms with Crippen LogP contribution >= 0.6 is 0 Å². The van der Waals surface area contributed by atoms with Crippen LogP contribution in [0.4, 0.5) is 5.69 Å². The maximum atomic E-state index is 9.48. The molecule has 0 aromatic heterocycles. The van der Waals surface area contributed by atoms with Gasteiger partial charge in [0.25, 0.3) is 0 Å². The maximum Gasteiger partial charge on any atom is 0.0889 e. The van der Waals surface area contributed by atoms with Gasteiger partial charge in [0.05, 0.1) is 12.9 Å². The van der Waals surface area contributed by atoms with Gasteiger partial charge in [0, 0.05) is 18.7 Å². The molecule has 2 rings (SSSR count). The molecular formula is C9H11NO. The third kappa shape index (κ3) is 1.21. The van der Waals surface area contributed by atoms with Crippen LogP contribution in [0.3, 0.4) is 0 Å². The predicted octanol–water partition coefficient (Wildman–Crippen LogP) is 0.867. The monoisotopic (exact) mass is 154 g/mol. The molecule has 2 nitrogen and oxygen atoms in total. The van der Waals surface area contributed by atoms with Crippen molar-refractivity contribution >= 4 is 5.69 Å². The molecule has 0 amide bonds. The van der Waals surface area contributed by atoms with Crippen molar-refractivity contribution in [2.45, 2.75) is 6.08 Å². The van der Waals surface area contributed by atoms with Crippen LogP contribution < -0.4 is 4.90 Å². The molecule has 0 spiro atoms. The number of para-hydroxylation sites is 1. The van der Waals surface area contributed by atoms with Crippen LogP contribution in [-0.4, -0.2) is 24.2 Å². The maximum absolute atomic E-state index is 9.48. The molecule has 58 valence electrons. The minimum absolute atomic E-state index is 0.300. The van der Waals surface area contributed by atoms with Gasteiger partial charge in [-0.3, -0.25) is 0 Å². The Morgan fingerprint density at radius 3 is 2.73 bits per heavy atom. The van der Waals surface area contributed by atoms with Gasteiger partial charge < -0.3 is 10.0 Å². The van der Waals surface area contributed by atoms with Crippen LogP contribution in [0.2, 0.25) is 0 Å². The zero-order valence-electron chi connectivity index (χ0n) is 10.8. The number of anilines is 1. The van der Waals surface area contributed by atoms with Crippen molar-refractivity contribution in [2.75, 3.05) is 17.9 Å². The highest BCUT2D eigenvalue weighted by atomic mass is 16.3. The molecule has 0 unspecified atom stereocenters. The number of nitrogens with zero attached hydrogens (tertiary/aromatic N) is 1. The smallest absolute Gasteiger partial charge is 0.0889 e. The lowest BCUT2D eigenvalue weighted by molar-refractivity contribution is 0.142. The zero-order valence-corrected chi connectivity index (χ0v) is 5.78. The van der Waals surface area contributed by atoms with Crippen molar-refractivity contribution < 1.29 is 12.0 Å². The Labute approximate surface area is 73.1 Å². The highest BCUT2D eigenvalue weighted by Crippen LogP contribution is 2.19. The molecule has 0 radical (unpaired) electrons. The van der Waals surface area contributed by atoms with Gasteiger partial charge in [0.1, 0.15) is 0 Å². The van der Waals surface area contributed by atoms with Gasteiger partial charge in [-0.2, -0.15) is 0 Å². The van der Waals surface area contributed by atoms with E-state index in [9.17, 15) is 5.11 Å². The number of benzene rings is 1. The lowest BCUT2D eigenvalue weighted by Gasteiger charge is -2.37. The van der Waals surface area contributed by atoms with Crippen LogP contribution in [0.5, 0.6) is 0 Å². The van der Waals surface area contributed by atoms with E-state index < -0.39 is 19.1 Å². The van der Waals surface area contributed by atoms with Crippen LogP contribution in [0, 0.1) is 0 Å². The molecule has 1 N–H and O–H groups in total. The van der Waals surface area contributed by atoms with Crippen molar-refractivity contribution in [3.63, 3.8) is 0 Å². The van der Waals surface area contributed by atoms with E-state index >= 15 is 0 Å². The minimum atomic E-state index is -2.77. The SMILES string of the molecule is [2H]C1([2H])N(c2ccccc2)C([2H])([2H])C1([2H])O. The summed E-state index contributed by atoms with van der Waals surface area (Å²) in [6, 6.07) is 8.07. The van der Waals surface area contributed by atoms with Crippen molar-refractivity contribution in [2.24, 2.45) is 0 Å². The van der Waals surface area contributed by atoms with Crippen LogP contribution in [0.15, 0.2) is 30.3 Å². The summed E-state index contributed by atoms with van der Waals surface area (Å²) in [5.74, 6) is 0. The Balaban J connectivity index is 2.45. The fourth-order valence-electron chi connectivity index (χ4n) is 0.918. The number of rotatable bonds is 1. The van der Waals surface area contributed by atoms with E-state index in [0.717, 1.165) is 4.90 Å². The third-order valence-corrected chi connectivity index (χ3v) is 1.45. The van der Waals surface area contributed by atoms with E-state index in [0.29, 0.717) is 5.69 Å². The summed E-state index contributed by atoms with van der Waals surface area (Å²) in [6.07, 6.45) is -2.77. The van der Waals surface area contributed by atoms with Crippen LogP contribution in [0.25, 0.3) is 0 Å². The van der Waals surface area contributed by atoms with Gasteiger partial charge >= 0.3 is 0 Å². The molecule has 0 saturated carbocycles. The van der Waals surface area contributed by atoms with Crippen molar-refractivity contribution in [3.05, 3.63) is 30.3 Å². The van der Waals surface area contributed by atoms with Crippen LogP contribution in [0.1, 0.15) is 6.85 Å². The second-order valence-electron chi connectivity index (χ2n) is 2.24. The van der Waals surface area contributed by atoms with Crippen molar-refractivity contribution in [3.8, 4) is 0 Å². The first kappa shape index (κ1) is 3.15. The highest BCUT2D eigenvalue weighted by Gasteiger charge is 2.23. The number of aliphatic hydroxyl groups is 1. The summed E-state index contributed by atoms with van der Waals surface area (Å²) in [5.41, 5.74) is 0.300. The topological polar surface area (TPSA) is 23.5 Å². The number of hydrogen-bond acceptors (Lipinski definition) is 2. The average molecular weight is 154 g/mol. The van der Waals surface area contributed by atoms with E-state index in [1.54, 1.807) is 18.2 Å². The lowest BCUT2D eigenvalue weighted by Crippen LogP contribution is -2.50. The molecular weight excluding hydrogens is 138 g/mol. The quantitative estimate of drug-likeness (QED) is 0.648. The molecule has 11 heavy (non-hydrogen) atoms. The largest absolute Gasteiger partial charge is 0.389 e. The summed E-state index contributed by atoms with van der Waals surface area (Å²) in [5, 5.41) is 9.48. The van der Waals surface area contributed by atoms with Crippen molar-refractivity contribution in [1.82, 2.24) is 0 Å². The molecule has 2 heteroatoms. The Hall–Kier alpha value is -1.02. The zero-order chi connectivity index (χ0) is 12.2. The first-order chi connectivity index (χ1) is 7.23. The van der Waals surface area contributed by atoms with Gasteiger partial charge in [-0.25, -0.2) is 0 Å². The Morgan fingerprint density at radius 1 is 1.45 bits per heavy atom. The second-order valence-corrected chi connectivity index (χ2v) is 2.24. The Bertz CT molecular complexity index is 388. The van der Waals surface area contributed by atoms with E-state index in [4.69, 9.17) is 6.85 Å². The average Bonchev–Trinajstić information content (AvgIpc) is 2.17. The van der Waals surface area contributed by atoms with Crippen LogP contribution in [-0.2, 0) is 0 Å². The van der Waals surface area contributed by atoms with Gasteiger partial charge in [-0.05, 0) is 12.1 Å². The summed E-state index contributed by atoms with van der Waals surface area (Å²) < 4.78 is 37.5. The predicted molar refractivity (Wildman–Crippen MR) is 44.7 cm³/mol. The molecule has 1 heterocycles. The summed E-state index contributed by atoms with van der Waals surface area (Å²) in [6.45, 7) is -4.89. The van der Waals surface area contributed by atoms with Gasteiger partial charge in [-0.15, -0.1) is 0 Å². The van der Waals surface area contributed by atoms with Gasteiger partial charge in [-0.1, -0.05) is 18.2 Å². The van der Waals surface area contributed by atoms with E-state index in [1.807, 2.05) is 0 Å². The Kier molecular flexibility index (Phi) is 0.730. The minimum Gasteiger partial charge on any atom is -0.389 e. The summed E-state index contributed by atoms with van der Waals surface area (Å²) in [4.78, 5) is 0.771. The van der Waals surface area contributed by atoms with Gasteiger partial charge in [0.15, 0.2) is 0 Å². The molecule has 1 saturated heterocycles. The molecule has 1 aliphatic heterocycles. The normalized spacial score (nSPS) is 36.8. The van der Waals surface area contributed by atoms with E-state index in [1.165, 1.54) is 12.1 Å². The highest BCUT2D eigenvalue weighted by molar-refractivity contribution is 5.48. The Morgan fingerprint density at radius 2 is 2.09 bits per heavy atom. The summed E-state index contributed by atoms with van der Waals surface area (Å²) >= 11 is 0. The summed E-state index contributed by atoms with van der Waals surface area (Å²) in [7, 11) is 0. The molecule has 0 bridgehead atoms. The molecule has 1 aromatic rings. The molecule has 1 aromatic carbocycles. The lowest BCUT2D eigenvalue weighted by atomic mass is 10.1. The van der Waals surface area contributed by atoms with E-state index in [2.05, 4.69) is 0 Å². The molecule has 1 fully saturated rings. The second kappa shape index (κ2) is 2.55. The molecule has 0 atom stereocenters. The third-order valence-electron chi connectivity index (χ3n) is 1.45. The van der Waals surface area contributed by atoms with Crippen molar-refractivity contribution in [1.29, 1.82) is 0 Å². The standard InChI is InChI=1S/C9H11NO/c11-9-6-10(7-9)8-4-2-1-3-5-8/h1-5,9,11H,6-7H2/i6D2,7D2,9D.